The third-order valence-electron chi connectivity index (χ3n) is 5.98. The average molecular weight is 431 g/mol. The zero-order valence-electron chi connectivity index (χ0n) is 21.2. The minimum atomic E-state index is 0.733. The van der Waals surface area contributed by atoms with Gasteiger partial charge in [-0.3, -0.25) is 0 Å². The average Bonchev–Trinajstić information content (AvgIpc) is 2.78. The first-order valence-electron chi connectivity index (χ1n) is 13.8. The molecule has 0 radical (unpaired) electrons. The van der Waals surface area contributed by atoms with Crippen LogP contribution in [0.1, 0.15) is 149 Å². The van der Waals surface area contributed by atoms with E-state index in [2.05, 4.69) is 44.2 Å². The van der Waals surface area contributed by atoms with E-state index in [0.29, 0.717) is 0 Å². The lowest BCUT2D eigenvalue weighted by molar-refractivity contribution is -0.107. The highest BCUT2D eigenvalue weighted by molar-refractivity contribution is 5.48. The van der Waals surface area contributed by atoms with Crippen molar-refractivity contribution in [1.29, 1.82) is 0 Å². The first-order chi connectivity index (χ1) is 15.3. The summed E-state index contributed by atoms with van der Waals surface area (Å²) >= 11 is 0. The van der Waals surface area contributed by atoms with Crippen molar-refractivity contribution in [2.75, 3.05) is 0 Å². The van der Waals surface area contributed by atoms with E-state index in [1.54, 1.807) is 0 Å². The Bertz CT molecular complexity index is 443. The van der Waals surface area contributed by atoms with Crippen molar-refractivity contribution in [2.24, 2.45) is 0 Å². The van der Waals surface area contributed by atoms with Crippen LogP contribution < -0.4 is 0 Å². The Hall–Kier alpha value is -1.11. The zero-order chi connectivity index (χ0) is 22.7. The number of allylic oxidation sites excluding steroid dienone is 6. The van der Waals surface area contributed by atoms with Crippen LogP contribution in [0.4, 0.5) is 0 Å². The quantitative estimate of drug-likeness (QED) is 0.0845. The van der Waals surface area contributed by atoms with Gasteiger partial charge in [-0.05, 0) is 44.1 Å². The van der Waals surface area contributed by atoms with Crippen molar-refractivity contribution in [2.45, 2.75) is 149 Å². The molecule has 0 aromatic rings. The maximum Gasteiger partial charge on any atom is 0.119 e. The first kappa shape index (κ1) is 29.9. The Morgan fingerprint density at radius 1 is 0.484 bits per heavy atom. The van der Waals surface area contributed by atoms with Crippen LogP contribution in [0.5, 0.6) is 0 Å². The summed E-state index contributed by atoms with van der Waals surface area (Å²) in [5.41, 5.74) is 1.39. The summed E-state index contributed by atoms with van der Waals surface area (Å²) in [4.78, 5) is 10.3. The minimum Gasteiger partial charge on any atom is -0.303 e. The van der Waals surface area contributed by atoms with E-state index in [4.69, 9.17) is 0 Å². The highest BCUT2D eigenvalue weighted by Gasteiger charge is 1.94. The van der Waals surface area contributed by atoms with Gasteiger partial charge in [0, 0.05) is 6.42 Å². The van der Waals surface area contributed by atoms with E-state index >= 15 is 0 Å². The third-order valence-corrected chi connectivity index (χ3v) is 5.98. The first-order valence-corrected chi connectivity index (χ1v) is 13.8. The van der Waals surface area contributed by atoms with Gasteiger partial charge in [0.2, 0.25) is 0 Å². The smallest absolute Gasteiger partial charge is 0.119 e. The van der Waals surface area contributed by atoms with E-state index in [1.807, 2.05) is 0 Å². The summed E-state index contributed by atoms with van der Waals surface area (Å²) in [5.74, 6) is 0. The Morgan fingerprint density at radius 2 is 0.903 bits per heavy atom. The number of rotatable bonds is 24. The molecule has 180 valence electrons. The molecule has 0 atom stereocenters. The molecule has 0 bridgehead atoms. The molecular weight excluding hydrogens is 376 g/mol. The molecule has 1 heteroatoms. The predicted octanol–water partition coefficient (Wildman–Crippen LogP) is 10.5. The Labute approximate surface area is 195 Å². The SMILES string of the molecule is CCCC/C=C/C(/C=C\CCCCCCCCCCCC)=C/CCCCCCCC=O. The van der Waals surface area contributed by atoms with Crippen LogP contribution in [-0.2, 0) is 4.79 Å². The van der Waals surface area contributed by atoms with E-state index in [1.165, 1.54) is 128 Å². The fourth-order valence-corrected chi connectivity index (χ4v) is 3.87. The largest absolute Gasteiger partial charge is 0.303 e. The highest BCUT2D eigenvalue weighted by Crippen LogP contribution is 2.13. The Morgan fingerprint density at radius 3 is 1.42 bits per heavy atom. The van der Waals surface area contributed by atoms with Gasteiger partial charge in [-0.25, -0.2) is 0 Å². The number of carbonyl (C=O) groups excluding carboxylic acids is 1. The number of hydrogen-bond acceptors (Lipinski definition) is 1. The Balaban J connectivity index is 3.97. The standard InChI is InChI=1S/C30H54O/c1-3-5-7-9-10-11-12-13-14-16-19-23-27-30(26-22-8-6-4-2)28-24-20-17-15-18-21-25-29-31/h22-23,26-29H,3-21,24-25H2,1-2H3/b26-22+,27-23-,30-28-. The molecule has 0 aromatic carbocycles. The molecule has 0 amide bonds. The van der Waals surface area contributed by atoms with Crippen molar-refractivity contribution in [3.05, 3.63) is 36.0 Å². The molecule has 0 N–H and O–H groups in total. The third kappa shape index (κ3) is 25.0. The lowest BCUT2D eigenvalue weighted by Gasteiger charge is -2.01. The number of carbonyl (C=O) groups is 1. The number of hydrogen-bond donors (Lipinski definition) is 0. The lowest BCUT2D eigenvalue weighted by atomic mass is 10.0. The molecule has 0 saturated carbocycles. The summed E-state index contributed by atoms with van der Waals surface area (Å²) in [6.45, 7) is 4.55. The van der Waals surface area contributed by atoms with Crippen LogP contribution in [0.25, 0.3) is 0 Å². The van der Waals surface area contributed by atoms with Gasteiger partial charge in [0.05, 0.1) is 0 Å². The van der Waals surface area contributed by atoms with Crippen LogP contribution in [0.2, 0.25) is 0 Å². The predicted molar refractivity (Wildman–Crippen MR) is 141 cm³/mol. The monoisotopic (exact) mass is 430 g/mol. The van der Waals surface area contributed by atoms with Crippen LogP contribution in [0.15, 0.2) is 36.0 Å². The topological polar surface area (TPSA) is 17.1 Å². The van der Waals surface area contributed by atoms with Crippen molar-refractivity contribution in [1.82, 2.24) is 0 Å². The molecule has 0 fully saturated rings. The summed E-state index contributed by atoms with van der Waals surface area (Å²) in [6.07, 6.45) is 39.9. The van der Waals surface area contributed by atoms with Crippen molar-refractivity contribution < 1.29 is 4.79 Å². The summed E-state index contributed by atoms with van der Waals surface area (Å²) in [5, 5.41) is 0. The molecule has 0 saturated heterocycles. The maximum absolute atomic E-state index is 10.3. The zero-order valence-corrected chi connectivity index (χ0v) is 21.2. The minimum absolute atomic E-state index is 0.733. The Kier molecular flexibility index (Phi) is 26.0. The number of aldehydes is 1. The van der Waals surface area contributed by atoms with Crippen LogP contribution in [0, 0.1) is 0 Å². The molecule has 0 aliphatic carbocycles. The normalized spacial score (nSPS) is 12.4. The molecule has 0 aliphatic rings. The molecule has 0 aromatic heterocycles. The van der Waals surface area contributed by atoms with Gasteiger partial charge in [0.25, 0.3) is 0 Å². The molecule has 0 rings (SSSR count). The highest BCUT2D eigenvalue weighted by atomic mass is 16.1. The van der Waals surface area contributed by atoms with E-state index in [9.17, 15) is 4.79 Å². The van der Waals surface area contributed by atoms with Gasteiger partial charge in [0.1, 0.15) is 6.29 Å². The molecule has 31 heavy (non-hydrogen) atoms. The van der Waals surface area contributed by atoms with Crippen molar-refractivity contribution >= 4 is 6.29 Å². The molecule has 0 heterocycles. The molecule has 0 unspecified atom stereocenters. The molecule has 1 nitrogen and oxygen atoms in total. The number of unbranched alkanes of at least 4 members (excludes halogenated alkanes) is 18. The molecule has 0 spiro atoms. The second kappa shape index (κ2) is 26.9. The van der Waals surface area contributed by atoms with Gasteiger partial charge < -0.3 is 4.79 Å². The summed E-state index contributed by atoms with van der Waals surface area (Å²) in [7, 11) is 0. The van der Waals surface area contributed by atoms with Gasteiger partial charge in [-0.1, -0.05) is 134 Å². The fraction of sp³-hybridized carbons (Fsp3) is 0.767. The van der Waals surface area contributed by atoms with Crippen LogP contribution in [0.3, 0.4) is 0 Å². The molecular formula is C30H54O. The molecule has 0 aliphatic heterocycles. The second-order valence-electron chi connectivity index (χ2n) is 9.13. The van der Waals surface area contributed by atoms with Gasteiger partial charge in [-0.2, -0.15) is 0 Å². The summed E-state index contributed by atoms with van der Waals surface area (Å²) < 4.78 is 0. The maximum atomic E-state index is 10.3. The second-order valence-corrected chi connectivity index (χ2v) is 9.13. The summed E-state index contributed by atoms with van der Waals surface area (Å²) in [6, 6.07) is 0. The lowest BCUT2D eigenvalue weighted by Crippen LogP contribution is -1.82. The van der Waals surface area contributed by atoms with E-state index < -0.39 is 0 Å². The fourth-order valence-electron chi connectivity index (χ4n) is 3.87. The van der Waals surface area contributed by atoms with E-state index in [0.717, 1.165) is 19.1 Å². The van der Waals surface area contributed by atoms with E-state index in [-0.39, 0.29) is 0 Å². The van der Waals surface area contributed by atoms with Crippen LogP contribution in [-0.4, -0.2) is 6.29 Å². The van der Waals surface area contributed by atoms with Gasteiger partial charge in [0.15, 0.2) is 0 Å². The van der Waals surface area contributed by atoms with Gasteiger partial charge >= 0.3 is 0 Å². The van der Waals surface area contributed by atoms with Gasteiger partial charge in [-0.15, -0.1) is 0 Å². The van der Waals surface area contributed by atoms with Crippen molar-refractivity contribution in [3.8, 4) is 0 Å². The van der Waals surface area contributed by atoms with Crippen LogP contribution >= 0.6 is 0 Å². The van der Waals surface area contributed by atoms with Crippen molar-refractivity contribution in [3.63, 3.8) is 0 Å².